The molecule has 0 aliphatic carbocycles. The highest BCUT2D eigenvalue weighted by Crippen LogP contribution is 2.38. The minimum Gasteiger partial charge on any atom is -0.327 e. The first-order valence-electron chi connectivity index (χ1n) is 7.78. The Balaban J connectivity index is 1.77. The number of aryl methyl sites for hydroxylation is 1. The average molecular weight is 342 g/mol. The molecule has 6 nitrogen and oxygen atoms in total. The van der Waals surface area contributed by atoms with Crippen LogP contribution in [0.1, 0.15) is 22.2 Å². The minimum absolute atomic E-state index is 0.328. The van der Waals surface area contributed by atoms with Crippen molar-refractivity contribution < 1.29 is 8.42 Å². The molecule has 124 valence electrons. The topological polar surface area (TPSA) is 78.1 Å². The summed E-state index contributed by atoms with van der Waals surface area (Å²) in [6, 6.07) is 7.01. The van der Waals surface area contributed by atoms with E-state index in [0.29, 0.717) is 23.8 Å². The first kappa shape index (κ1) is 15.2. The molecule has 3 heterocycles. The van der Waals surface area contributed by atoms with Gasteiger partial charge in [0.25, 0.3) is 0 Å². The second-order valence-corrected chi connectivity index (χ2v) is 8.02. The van der Waals surface area contributed by atoms with Crippen molar-refractivity contribution in [1.29, 1.82) is 0 Å². The summed E-state index contributed by atoms with van der Waals surface area (Å²) >= 11 is 0. The number of nitrogens with one attached hydrogen (secondary N) is 2. The molecule has 7 heteroatoms. The summed E-state index contributed by atoms with van der Waals surface area (Å²) in [4.78, 5) is 2.27. The van der Waals surface area contributed by atoms with E-state index in [2.05, 4.69) is 15.5 Å². The molecule has 4 rings (SSSR count). The van der Waals surface area contributed by atoms with Gasteiger partial charge >= 0.3 is 0 Å². The number of allylic oxidation sites excluding steroid dienone is 2. The summed E-state index contributed by atoms with van der Waals surface area (Å²) in [6.45, 7) is 3.02. The number of nitrogens with zero attached hydrogens (tertiary/aromatic N) is 2. The lowest BCUT2D eigenvalue weighted by Gasteiger charge is -2.21. The van der Waals surface area contributed by atoms with Crippen LogP contribution in [0.4, 0.5) is 5.82 Å². The molecular weight excluding hydrogens is 324 g/mol. The van der Waals surface area contributed by atoms with E-state index in [0.717, 1.165) is 16.8 Å². The predicted molar refractivity (Wildman–Crippen MR) is 92.2 cm³/mol. The zero-order valence-electron chi connectivity index (χ0n) is 13.2. The van der Waals surface area contributed by atoms with Gasteiger partial charge in [0.05, 0.1) is 16.2 Å². The number of sulfone groups is 1. The third-order valence-electron chi connectivity index (χ3n) is 4.30. The molecule has 2 aliphatic heterocycles. The standard InChI is InChI=1S/C17H18N4O2S/c1-12-6-5-7-13(10-12)24(22,23)17-15-14(11-18-17)19-20-16(15)21-8-3-2-4-9-21/h2-8,10,17-18H,9,11H2,1H3,(H,19,20). The van der Waals surface area contributed by atoms with Gasteiger partial charge in [0.2, 0.25) is 0 Å². The predicted octanol–water partition coefficient (Wildman–Crippen LogP) is 2.18. The summed E-state index contributed by atoms with van der Waals surface area (Å²) in [7, 11) is -3.55. The molecule has 0 spiro atoms. The lowest BCUT2D eigenvalue weighted by Crippen LogP contribution is -2.26. The monoisotopic (exact) mass is 342 g/mol. The van der Waals surface area contributed by atoms with Gasteiger partial charge in [-0.1, -0.05) is 24.3 Å². The summed E-state index contributed by atoms with van der Waals surface area (Å²) < 4.78 is 26.3. The van der Waals surface area contributed by atoms with Gasteiger partial charge < -0.3 is 4.90 Å². The highest BCUT2D eigenvalue weighted by Gasteiger charge is 2.39. The summed E-state index contributed by atoms with van der Waals surface area (Å²) in [6.07, 6.45) is 7.79. The second kappa shape index (κ2) is 5.61. The van der Waals surface area contributed by atoms with Crippen molar-refractivity contribution >= 4 is 15.7 Å². The second-order valence-electron chi connectivity index (χ2n) is 5.98. The highest BCUT2D eigenvalue weighted by atomic mass is 32.2. The van der Waals surface area contributed by atoms with Crippen molar-refractivity contribution in [3.8, 4) is 0 Å². The average Bonchev–Trinajstić information content (AvgIpc) is 3.17. The van der Waals surface area contributed by atoms with Gasteiger partial charge in [-0.15, -0.1) is 0 Å². The molecule has 0 saturated heterocycles. The third-order valence-corrected chi connectivity index (χ3v) is 6.24. The molecule has 0 amide bonds. The number of hydrogen-bond donors (Lipinski definition) is 2. The van der Waals surface area contributed by atoms with Gasteiger partial charge in [-0.3, -0.25) is 10.4 Å². The van der Waals surface area contributed by atoms with Gasteiger partial charge in [-0.2, -0.15) is 5.10 Å². The Labute approximate surface area is 140 Å². The Morgan fingerprint density at radius 3 is 2.92 bits per heavy atom. The maximum atomic E-state index is 13.1. The SMILES string of the molecule is Cc1cccc(S(=O)(=O)C2NCc3[nH]nc(N4C=CC=CC4)c32)c1. The van der Waals surface area contributed by atoms with E-state index in [1.807, 2.05) is 42.3 Å². The van der Waals surface area contributed by atoms with Gasteiger partial charge in [0.15, 0.2) is 15.7 Å². The first-order valence-corrected chi connectivity index (χ1v) is 9.33. The smallest absolute Gasteiger partial charge is 0.198 e. The maximum Gasteiger partial charge on any atom is 0.198 e. The Bertz CT molecular complexity index is 943. The first-order chi connectivity index (χ1) is 11.6. The van der Waals surface area contributed by atoms with Gasteiger partial charge in [0, 0.05) is 19.3 Å². The highest BCUT2D eigenvalue weighted by molar-refractivity contribution is 7.91. The van der Waals surface area contributed by atoms with Crippen molar-refractivity contribution in [2.75, 3.05) is 11.4 Å². The third kappa shape index (κ3) is 2.37. The Hall–Kier alpha value is -2.38. The van der Waals surface area contributed by atoms with E-state index < -0.39 is 15.2 Å². The number of fused-ring (bicyclic) bond motifs is 1. The Morgan fingerprint density at radius 2 is 2.17 bits per heavy atom. The van der Waals surface area contributed by atoms with E-state index in [9.17, 15) is 8.42 Å². The van der Waals surface area contributed by atoms with Crippen molar-refractivity contribution in [2.45, 2.75) is 23.7 Å². The molecule has 2 aromatic rings. The lowest BCUT2D eigenvalue weighted by molar-refractivity contribution is 0.566. The van der Waals surface area contributed by atoms with Crippen LogP contribution in [0.15, 0.2) is 53.6 Å². The molecule has 2 N–H and O–H groups in total. The van der Waals surface area contributed by atoms with E-state index >= 15 is 0 Å². The van der Waals surface area contributed by atoms with E-state index in [1.165, 1.54) is 0 Å². The van der Waals surface area contributed by atoms with Crippen molar-refractivity contribution in [3.63, 3.8) is 0 Å². The number of hydrogen-bond acceptors (Lipinski definition) is 5. The molecule has 1 unspecified atom stereocenters. The van der Waals surface area contributed by atoms with Crippen molar-refractivity contribution in [1.82, 2.24) is 15.5 Å². The van der Waals surface area contributed by atoms with Crippen LogP contribution in [0.25, 0.3) is 0 Å². The van der Waals surface area contributed by atoms with E-state index in [4.69, 9.17) is 0 Å². The molecule has 2 aliphatic rings. The number of anilines is 1. The molecule has 0 radical (unpaired) electrons. The van der Waals surface area contributed by atoms with Gasteiger partial charge in [0.1, 0.15) is 5.37 Å². The number of rotatable bonds is 3. The van der Waals surface area contributed by atoms with Crippen LogP contribution in [0, 0.1) is 6.92 Å². The van der Waals surface area contributed by atoms with Crippen LogP contribution < -0.4 is 10.2 Å². The van der Waals surface area contributed by atoms with E-state index in [-0.39, 0.29) is 0 Å². The van der Waals surface area contributed by atoms with Gasteiger partial charge in [-0.25, -0.2) is 8.42 Å². The fourth-order valence-corrected chi connectivity index (χ4v) is 4.87. The molecule has 1 aromatic heterocycles. The van der Waals surface area contributed by atoms with Crippen LogP contribution >= 0.6 is 0 Å². The largest absolute Gasteiger partial charge is 0.327 e. The summed E-state index contributed by atoms with van der Waals surface area (Å²) in [5, 5.41) is 9.64. The van der Waals surface area contributed by atoms with Crippen LogP contribution in [0.5, 0.6) is 0 Å². The fraction of sp³-hybridized carbons (Fsp3) is 0.235. The minimum atomic E-state index is -3.55. The van der Waals surface area contributed by atoms with Crippen LogP contribution in [0.2, 0.25) is 0 Å². The summed E-state index contributed by atoms with van der Waals surface area (Å²) in [5.41, 5.74) is 2.47. The number of aromatic amines is 1. The van der Waals surface area contributed by atoms with Crippen molar-refractivity contribution in [2.24, 2.45) is 0 Å². The lowest BCUT2D eigenvalue weighted by atomic mass is 10.2. The van der Waals surface area contributed by atoms with E-state index in [1.54, 1.807) is 18.2 Å². The number of benzene rings is 1. The normalized spacial score (nSPS) is 19.7. The maximum absolute atomic E-state index is 13.1. The molecule has 1 aromatic carbocycles. The molecule has 24 heavy (non-hydrogen) atoms. The zero-order valence-corrected chi connectivity index (χ0v) is 14.0. The molecule has 0 bridgehead atoms. The Morgan fingerprint density at radius 1 is 1.29 bits per heavy atom. The number of aromatic nitrogens is 2. The molecule has 0 saturated carbocycles. The quantitative estimate of drug-likeness (QED) is 0.894. The van der Waals surface area contributed by atoms with Crippen molar-refractivity contribution in [3.05, 3.63) is 65.5 Å². The van der Waals surface area contributed by atoms with Crippen LogP contribution in [0.3, 0.4) is 0 Å². The van der Waals surface area contributed by atoms with Gasteiger partial charge in [-0.05, 0) is 30.7 Å². The fourth-order valence-electron chi connectivity index (χ4n) is 3.12. The van der Waals surface area contributed by atoms with Crippen LogP contribution in [-0.4, -0.2) is 25.2 Å². The molecular formula is C17H18N4O2S. The number of H-pyrrole nitrogens is 1. The molecule has 0 fully saturated rings. The zero-order chi connectivity index (χ0) is 16.7. The Kier molecular flexibility index (Phi) is 3.54. The summed E-state index contributed by atoms with van der Waals surface area (Å²) in [5.74, 6) is 0.664. The molecule has 1 atom stereocenters. The van der Waals surface area contributed by atoms with Crippen LogP contribution in [-0.2, 0) is 16.4 Å².